The topological polar surface area (TPSA) is 41.9 Å². The summed E-state index contributed by atoms with van der Waals surface area (Å²) < 4.78 is 0. The first-order valence-electron chi connectivity index (χ1n) is 5.24. The van der Waals surface area contributed by atoms with Crippen LogP contribution in [0.5, 0.6) is 0 Å². The van der Waals surface area contributed by atoms with Crippen molar-refractivity contribution in [3.05, 3.63) is 35.9 Å². The number of carbonyl (C=O) groups excluding carboxylic acids is 1. The first-order chi connectivity index (χ1) is 7.81. The van der Waals surface area contributed by atoms with E-state index in [2.05, 4.69) is 9.99 Å². The molecule has 1 aromatic carbocycles. The van der Waals surface area contributed by atoms with E-state index in [0.717, 1.165) is 12.1 Å². The molecule has 1 heterocycles. The average molecular weight is 218 g/mol. The second kappa shape index (κ2) is 4.79. The second-order valence-electron chi connectivity index (χ2n) is 3.68. The Morgan fingerprint density at radius 1 is 1.38 bits per heavy atom. The third kappa shape index (κ3) is 2.21. The summed E-state index contributed by atoms with van der Waals surface area (Å²) in [5, 5.41) is 3.72. The minimum absolute atomic E-state index is 0.0225. The molecule has 0 aromatic heterocycles. The van der Waals surface area contributed by atoms with Crippen molar-refractivity contribution in [3.63, 3.8) is 0 Å². The van der Waals surface area contributed by atoms with Gasteiger partial charge in [-0.25, -0.2) is 0 Å². The predicted molar refractivity (Wildman–Crippen MR) is 60.9 cm³/mol. The zero-order valence-corrected chi connectivity index (χ0v) is 9.22. The molecule has 0 bridgehead atoms. The van der Waals surface area contributed by atoms with E-state index in [9.17, 15) is 4.79 Å². The number of amides is 1. The lowest BCUT2D eigenvalue weighted by Gasteiger charge is -2.14. The highest BCUT2D eigenvalue weighted by Gasteiger charge is 2.27. The third-order valence-corrected chi connectivity index (χ3v) is 2.57. The van der Waals surface area contributed by atoms with E-state index in [1.807, 2.05) is 30.3 Å². The summed E-state index contributed by atoms with van der Waals surface area (Å²) in [6, 6.07) is 9.94. The van der Waals surface area contributed by atoms with Gasteiger partial charge in [-0.3, -0.25) is 4.79 Å². The van der Waals surface area contributed by atoms with Crippen LogP contribution in [0.2, 0.25) is 0 Å². The number of oxime groups is 1. The maximum absolute atomic E-state index is 11.8. The normalized spacial score (nSPS) is 18.2. The van der Waals surface area contributed by atoms with Gasteiger partial charge in [0.2, 0.25) is 0 Å². The molecular formula is C12H14N2O2. The lowest BCUT2D eigenvalue weighted by molar-refractivity contribution is -0.123. The Labute approximate surface area is 94.5 Å². The number of likely N-dealkylation sites (tertiary alicyclic amines) is 1. The summed E-state index contributed by atoms with van der Waals surface area (Å²) >= 11 is 0. The first kappa shape index (κ1) is 10.7. The molecule has 1 amide bonds. The minimum Gasteiger partial charge on any atom is -0.399 e. The molecule has 84 valence electrons. The Bertz CT molecular complexity index is 401. The van der Waals surface area contributed by atoms with Gasteiger partial charge in [0, 0.05) is 19.5 Å². The molecule has 0 aliphatic carbocycles. The molecule has 4 heteroatoms. The van der Waals surface area contributed by atoms with Crippen LogP contribution in [-0.2, 0) is 16.2 Å². The Morgan fingerprint density at radius 2 is 2.12 bits per heavy atom. The molecule has 1 aliphatic heterocycles. The molecule has 1 saturated heterocycles. The van der Waals surface area contributed by atoms with E-state index in [4.69, 9.17) is 0 Å². The van der Waals surface area contributed by atoms with Crippen LogP contribution in [0.15, 0.2) is 35.5 Å². The maximum atomic E-state index is 11.8. The lowest BCUT2D eigenvalue weighted by atomic mass is 10.2. The minimum atomic E-state index is -0.0225. The molecule has 1 aliphatic rings. The molecule has 1 aromatic rings. The van der Waals surface area contributed by atoms with Crippen molar-refractivity contribution >= 4 is 11.6 Å². The predicted octanol–water partition coefficient (Wildman–Crippen LogP) is 1.42. The van der Waals surface area contributed by atoms with Gasteiger partial charge in [0.15, 0.2) is 0 Å². The lowest BCUT2D eigenvalue weighted by Crippen LogP contribution is -2.27. The van der Waals surface area contributed by atoms with Crippen molar-refractivity contribution in [1.82, 2.24) is 4.90 Å². The third-order valence-electron chi connectivity index (χ3n) is 2.57. The second-order valence-corrected chi connectivity index (χ2v) is 3.68. The van der Waals surface area contributed by atoms with E-state index >= 15 is 0 Å². The zero-order chi connectivity index (χ0) is 11.4. The van der Waals surface area contributed by atoms with Gasteiger partial charge in [0.1, 0.15) is 12.8 Å². The highest BCUT2D eigenvalue weighted by atomic mass is 16.6. The van der Waals surface area contributed by atoms with Crippen LogP contribution in [0.1, 0.15) is 12.0 Å². The van der Waals surface area contributed by atoms with Crippen LogP contribution in [-0.4, -0.2) is 30.2 Å². The van der Waals surface area contributed by atoms with Gasteiger partial charge < -0.3 is 9.74 Å². The fourth-order valence-corrected chi connectivity index (χ4v) is 1.78. The van der Waals surface area contributed by atoms with Crippen molar-refractivity contribution in [2.24, 2.45) is 5.16 Å². The van der Waals surface area contributed by atoms with Gasteiger partial charge in [-0.2, -0.15) is 0 Å². The van der Waals surface area contributed by atoms with Crippen molar-refractivity contribution in [3.8, 4) is 0 Å². The maximum Gasteiger partial charge on any atom is 0.272 e. The number of nitrogens with zero attached hydrogens (tertiary/aromatic N) is 2. The van der Waals surface area contributed by atoms with E-state index in [-0.39, 0.29) is 5.91 Å². The molecule has 0 N–H and O–H groups in total. The van der Waals surface area contributed by atoms with E-state index in [1.165, 1.54) is 7.11 Å². The highest BCUT2D eigenvalue weighted by molar-refractivity contribution is 6.40. The molecule has 16 heavy (non-hydrogen) atoms. The van der Waals surface area contributed by atoms with E-state index in [1.54, 1.807) is 4.90 Å². The van der Waals surface area contributed by atoms with Crippen LogP contribution >= 0.6 is 0 Å². The van der Waals surface area contributed by atoms with Gasteiger partial charge in [0.25, 0.3) is 5.91 Å². The molecule has 0 atom stereocenters. The van der Waals surface area contributed by atoms with Crippen molar-refractivity contribution in [2.45, 2.75) is 13.0 Å². The van der Waals surface area contributed by atoms with Gasteiger partial charge in [0.05, 0.1) is 0 Å². The molecule has 0 unspecified atom stereocenters. The Hall–Kier alpha value is -1.84. The number of rotatable bonds is 3. The smallest absolute Gasteiger partial charge is 0.272 e. The van der Waals surface area contributed by atoms with Crippen molar-refractivity contribution < 1.29 is 9.63 Å². The van der Waals surface area contributed by atoms with Gasteiger partial charge in [-0.1, -0.05) is 35.5 Å². The van der Waals surface area contributed by atoms with Crippen LogP contribution in [0, 0.1) is 0 Å². The van der Waals surface area contributed by atoms with Gasteiger partial charge in [-0.15, -0.1) is 0 Å². The van der Waals surface area contributed by atoms with Gasteiger partial charge in [-0.05, 0) is 5.56 Å². The van der Waals surface area contributed by atoms with Crippen molar-refractivity contribution in [2.75, 3.05) is 13.7 Å². The summed E-state index contributed by atoms with van der Waals surface area (Å²) in [7, 11) is 1.46. The molecule has 0 saturated carbocycles. The van der Waals surface area contributed by atoms with Crippen LogP contribution < -0.4 is 0 Å². The highest BCUT2D eigenvalue weighted by Crippen LogP contribution is 2.12. The summed E-state index contributed by atoms with van der Waals surface area (Å²) in [6.45, 7) is 1.36. The monoisotopic (exact) mass is 218 g/mol. The molecule has 1 fully saturated rings. The Balaban J connectivity index is 2.03. The zero-order valence-electron chi connectivity index (χ0n) is 9.22. The summed E-state index contributed by atoms with van der Waals surface area (Å²) in [6.07, 6.45) is 0.666. The largest absolute Gasteiger partial charge is 0.399 e. The molecule has 2 rings (SSSR count). The van der Waals surface area contributed by atoms with Crippen LogP contribution in [0.3, 0.4) is 0 Å². The number of hydrogen-bond donors (Lipinski definition) is 0. The molecule has 4 nitrogen and oxygen atoms in total. The number of hydrogen-bond acceptors (Lipinski definition) is 3. The average Bonchev–Trinajstić information content (AvgIpc) is 2.64. The summed E-state index contributed by atoms with van der Waals surface area (Å²) in [4.78, 5) is 18.2. The van der Waals surface area contributed by atoms with E-state index in [0.29, 0.717) is 18.7 Å². The Kier molecular flexibility index (Phi) is 3.19. The van der Waals surface area contributed by atoms with E-state index < -0.39 is 0 Å². The Morgan fingerprint density at radius 3 is 2.81 bits per heavy atom. The van der Waals surface area contributed by atoms with Crippen LogP contribution in [0.25, 0.3) is 0 Å². The standard InChI is InChI=1S/C12H14N2O2/c1-16-13-11-7-8-14(12(11)15)9-10-5-3-2-4-6-10/h2-6H,7-9H2,1H3. The fourth-order valence-electron chi connectivity index (χ4n) is 1.78. The summed E-state index contributed by atoms with van der Waals surface area (Å²) in [5.41, 5.74) is 1.65. The SMILES string of the molecule is CON=C1CCN(Cc2ccccc2)C1=O. The first-order valence-corrected chi connectivity index (χ1v) is 5.24. The van der Waals surface area contributed by atoms with Gasteiger partial charge >= 0.3 is 0 Å². The number of benzene rings is 1. The van der Waals surface area contributed by atoms with Crippen molar-refractivity contribution in [1.29, 1.82) is 0 Å². The van der Waals surface area contributed by atoms with Crippen LogP contribution in [0.4, 0.5) is 0 Å². The molecule has 0 radical (unpaired) electrons. The fraction of sp³-hybridized carbons (Fsp3) is 0.333. The summed E-state index contributed by atoms with van der Waals surface area (Å²) in [5.74, 6) is -0.0225. The molecule has 0 spiro atoms. The quantitative estimate of drug-likeness (QED) is 0.720. The number of carbonyl (C=O) groups is 1. The molecular weight excluding hydrogens is 204 g/mol.